The second kappa shape index (κ2) is 22.9. The molecule has 7 rings (SSSR count). The van der Waals surface area contributed by atoms with Crippen LogP contribution in [0.2, 0.25) is 0 Å². The van der Waals surface area contributed by atoms with E-state index >= 15 is 0 Å². The lowest BCUT2D eigenvalue weighted by Gasteiger charge is -2.59. The highest BCUT2D eigenvalue weighted by molar-refractivity contribution is 6.03. The number of amides is 1. The SMILES string of the molecule is C=CCCOC(=O)N(Cc1ccc(F)cc1)C1CC(=NOCc2ccccc2)C2=CC(CCCCO)C(CCCCO)C3c4cc(OCc5cccc(C)n5)ccc4OC1(OCC=C)C23. The van der Waals surface area contributed by atoms with E-state index in [0.717, 1.165) is 53.8 Å². The van der Waals surface area contributed by atoms with Crippen molar-refractivity contribution in [3.05, 3.63) is 162 Å². The number of hydrogen-bond acceptors (Lipinski definition) is 10. The molecule has 1 aromatic heterocycles. The number of rotatable bonds is 23. The van der Waals surface area contributed by atoms with Gasteiger partial charge in [0, 0.05) is 43.4 Å². The number of benzene rings is 3. The summed E-state index contributed by atoms with van der Waals surface area (Å²) in [6.45, 7) is 10.7. The maximum absolute atomic E-state index is 14.7. The number of ether oxygens (including phenoxy) is 4. The van der Waals surface area contributed by atoms with Crippen LogP contribution in [0.3, 0.4) is 0 Å². The molecule has 2 aliphatic carbocycles. The molecule has 1 aliphatic heterocycles. The normalized spacial score (nSPS) is 22.4. The van der Waals surface area contributed by atoms with Gasteiger partial charge in [0.2, 0.25) is 5.79 Å². The molecule has 0 spiro atoms. The molecule has 344 valence electrons. The number of carbonyl (C=O) groups excluding carboxylic acids is 1. The number of unbranched alkanes of at least 4 members (excludes halogenated alkanes) is 2. The molecule has 0 bridgehead atoms. The fourth-order valence-corrected chi connectivity index (χ4v) is 9.74. The molecule has 6 unspecified atom stereocenters. The number of aryl methyl sites for hydroxylation is 1. The van der Waals surface area contributed by atoms with Crippen molar-refractivity contribution in [2.24, 2.45) is 22.9 Å². The smallest absolute Gasteiger partial charge is 0.410 e. The zero-order chi connectivity index (χ0) is 45.6. The van der Waals surface area contributed by atoms with Crippen LogP contribution in [0.4, 0.5) is 9.18 Å². The molecule has 3 aliphatic rings. The van der Waals surface area contributed by atoms with Gasteiger partial charge >= 0.3 is 6.09 Å². The van der Waals surface area contributed by atoms with Gasteiger partial charge in [-0.15, -0.1) is 13.2 Å². The highest BCUT2D eigenvalue weighted by atomic mass is 19.1. The number of hydrogen-bond donors (Lipinski definition) is 2. The van der Waals surface area contributed by atoms with Gasteiger partial charge in [0.05, 0.1) is 30.5 Å². The van der Waals surface area contributed by atoms with Crippen molar-refractivity contribution in [1.29, 1.82) is 0 Å². The summed E-state index contributed by atoms with van der Waals surface area (Å²) in [6, 6.07) is 26.7. The third kappa shape index (κ3) is 11.4. The molecule has 2 N–H and O–H groups in total. The van der Waals surface area contributed by atoms with Crippen LogP contribution in [-0.2, 0) is 34.1 Å². The molecule has 1 fully saturated rings. The Kier molecular flexibility index (Phi) is 16.6. The fourth-order valence-electron chi connectivity index (χ4n) is 9.74. The van der Waals surface area contributed by atoms with Gasteiger partial charge in [0.1, 0.15) is 36.6 Å². The van der Waals surface area contributed by atoms with Crippen LogP contribution in [0.15, 0.2) is 133 Å². The maximum Gasteiger partial charge on any atom is 0.410 e. The van der Waals surface area contributed by atoms with Gasteiger partial charge in [-0.25, -0.2) is 9.18 Å². The minimum Gasteiger partial charge on any atom is -0.487 e. The van der Waals surface area contributed by atoms with Gasteiger partial charge in [0.25, 0.3) is 0 Å². The predicted molar refractivity (Wildman–Crippen MR) is 248 cm³/mol. The van der Waals surface area contributed by atoms with E-state index < -0.39 is 29.7 Å². The minimum absolute atomic E-state index is 0.00682. The summed E-state index contributed by atoms with van der Waals surface area (Å²) < 4.78 is 41.3. The Labute approximate surface area is 382 Å². The number of oxime groups is 1. The Balaban J connectivity index is 1.43. The number of allylic oxidation sites excluding steroid dienone is 1. The molecular weight excluding hydrogens is 826 g/mol. The molecule has 12 heteroatoms. The molecule has 65 heavy (non-hydrogen) atoms. The van der Waals surface area contributed by atoms with Crippen LogP contribution < -0.4 is 9.47 Å². The Morgan fingerprint density at radius 2 is 1.72 bits per heavy atom. The number of aliphatic hydroxyl groups is 2. The lowest BCUT2D eigenvalue weighted by Crippen LogP contribution is -2.70. The van der Waals surface area contributed by atoms with Gasteiger partial charge in [-0.3, -0.25) is 9.88 Å². The lowest BCUT2D eigenvalue weighted by molar-refractivity contribution is -0.256. The molecule has 0 radical (unpaired) electrons. The average Bonchev–Trinajstić information content (AvgIpc) is 3.32. The first-order valence-corrected chi connectivity index (χ1v) is 22.9. The van der Waals surface area contributed by atoms with Crippen molar-refractivity contribution in [2.45, 2.75) is 95.8 Å². The van der Waals surface area contributed by atoms with Crippen molar-refractivity contribution in [3.63, 3.8) is 0 Å². The van der Waals surface area contributed by atoms with Crippen molar-refractivity contribution in [2.75, 3.05) is 26.4 Å². The van der Waals surface area contributed by atoms with Crippen LogP contribution in [0.25, 0.3) is 0 Å². The zero-order valence-electron chi connectivity index (χ0n) is 37.4. The lowest BCUT2D eigenvalue weighted by atomic mass is 9.55. The Hall–Kier alpha value is -5.82. The van der Waals surface area contributed by atoms with Crippen LogP contribution in [0.1, 0.15) is 85.4 Å². The summed E-state index contributed by atoms with van der Waals surface area (Å²) in [7, 11) is 0. The third-order valence-electron chi connectivity index (χ3n) is 12.7. The summed E-state index contributed by atoms with van der Waals surface area (Å²) in [4.78, 5) is 27.2. The highest BCUT2D eigenvalue weighted by Gasteiger charge is 2.65. The van der Waals surface area contributed by atoms with E-state index in [2.05, 4.69) is 30.3 Å². The number of pyridine rings is 1. The Bertz CT molecular complexity index is 2270. The predicted octanol–water partition coefficient (Wildman–Crippen LogP) is 10.2. The van der Waals surface area contributed by atoms with Crippen molar-refractivity contribution in [1.82, 2.24) is 9.88 Å². The van der Waals surface area contributed by atoms with E-state index in [-0.39, 0.29) is 70.4 Å². The van der Waals surface area contributed by atoms with Crippen molar-refractivity contribution < 1.29 is 43.2 Å². The van der Waals surface area contributed by atoms with Crippen LogP contribution in [0, 0.1) is 30.5 Å². The standard InChI is InChI=1S/C53H62FN3O8/c1-4-6-30-61-52(60)57(34-38-21-23-41(54)24-22-38)49-33-47(56-64-35-39-16-8-7-9-17-39)45-31-40(18-10-12-27-58)44(20-11-13-28-59)50-46-32-43(62-36-42-19-14-15-37(3)55-42)25-26-48(46)65-53(49,51(45)50)63-29-5-2/h4-5,7-9,14-17,19,21-26,31-32,40,44,49-51,58-59H,1-2,6,10-13,18,20,27-30,33-36H2,3H3. The van der Waals surface area contributed by atoms with Gasteiger partial charge in [0.15, 0.2) is 0 Å². The average molecular weight is 888 g/mol. The van der Waals surface area contributed by atoms with E-state index in [9.17, 15) is 19.4 Å². The molecular formula is C53H62FN3O8. The van der Waals surface area contributed by atoms with E-state index in [4.69, 9.17) is 28.9 Å². The molecule has 6 atom stereocenters. The van der Waals surface area contributed by atoms with Gasteiger partial charge in [-0.1, -0.05) is 84.8 Å². The van der Waals surface area contributed by atoms with Crippen molar-refractivity contribution in [3.8, 4) is 11.5 Å². The van der Waals surface area contributed by atoms with E-state index in [0.29, 0.717) is 42.0 Å². The largest absolute Gasteiger partial charge is 0.487 e. The molecule has 2 heterocycles. The van der Waals surface area contributed by atoms with Gasteiger partial charge in [-0.2, -0.15) is 0 Å². The Morgan fingerprint density at radius 1 is 0.938 bits per heavy atom. The first-order valence-electron chi connectivity index (χ1n) is 22.9. The van der Waals surface area contributed by atoms with Gasteiger partial charge in [-0.05, 0) is 110 Å². The number of aromatic nitrogens is 1. The quantitative estimate of drug-likeness (QED) is 0.0424. The highest BCUT2D eigenvalue weighted by Crippen LogP contribution is 2.62. The third-order valence-corrected chi connectivity index (χ3v) is 12.7. The monoisotopic (exact) mass is 887 g/mol. The van der Waals surface area contributed by atoms with Crippen LogP contribution >= 0.6 is 0 Å². The van der Waals surface area contributed by atoms with Crippen molar-refractivity contribution >= 4 is 11.8 Å². The molecule has 0 saturated heterocycles. The summed E-state index contributed by atoms with van der Waals surface area (Å²) in [6.07, 6.45) is 10.1. The summed E-state index contributed by atoms with van der Waals surface area (Å²) in [5.74, 6) is -1.45. The Morgan fingerprint density at radius 3 is 2.46 bits per heavy atom. The van der Waals surface area contributed by atoms with Crippen LogP contribution in [0.5, 0.6) is 11.5 Å². The first-order chi connectivity index (χ1) is 31.8. The number of nitrogens with zero attached hydrogens (tertiary/aromatic N) is 3. The molecule has 1 amide bonds. The van der Waals surface area contributed by atoms with E-state index in [1.54, 1.807) is 29.2 Å². The topological polar surface area (TPSA) is 132 Å². The van der Waals surface area contributed by atoms with Crippen LogP contribution in [-0.4, -0.2) is 70.2 Å². The number of carbonyl (C=O) groups is 1. The second-order valence-electron chi connectivity index (χ2n) is 17.0. The number of aliphatic hydroxyl groups excluding tert-OH is 2. The van der Waals surface area contributed by atoms with E-state index in [1.807, 2.05) is 67.6 Å². The molecule has 11 nitrogen and oxygen atoms in total. The maximum atomic E-state index is 14.7. The summed E-state index contributed by atoms with van der Waals surface area (Å²) in [5, 5.41) is 24.9. The summed E-state index contributed by atoms with van der Waals surface area (Å²) in [5.41, 5.74) is 5.80. The number of halogens is 1. The number of fused-ring (bicyclic) bond motifs is 2. The van der Waals surface area contributed by atoms with Gasteiger partial charge < -0.3 is 34.0 Å². The first kappa shape index (κ1) is 47.2. The second-order valence-corrected chi connectivity index (χ2v) is 17.0. The van der Waals surface area contributed by atoms with E-state index in [1.165, 1.54) is 12.1 Å². The fraction of sp³-hybridized carbons (Fsp3) is 0.415. The molecule has 4 aromatic rings. The molecule has 3 aromatic carbocycles. The zero-order valence-corrected chi connectivity index (χ0v) is 37.4. The minimum atomic E-state index is -1.52. The molecule has 1 saturated carbocycles. The summed E-state index contributed by atoms with van der Waals surface area (Å²) >= 11 is 0.